The van der Waals surface area contributed by atoms with Gasteiger partial charge in [-0.05, 0) is 68.9 Å². The maximum absolute atomic E-state index is 14.0. The molecule has 2 aliphatic heterocycles. The highest BCUT2D eigenvalue weighted by atomic mass is 19.1. The molecule has 1 atom stereocenters. The number of aliphatic hydroxyl groups is 1. The molecule has 4 fully saturated rings. The van der Waals surface area contributed by atoms with Crippen LogP contribution in [-0.4, -0.2) is 45.5 Å². The van der Waals surface area contributed by atoms with Crippen LogP contribution in [-0.2, 0) is 16.1 Å². The van der Waals surface area contributed by atoms with Crippen molar-refractivity contribution in [1.82, 2.24) is 15.5 Å². The van der Waals surface area contributed by atoms with E-state index in [0.29, 0.717) is 28.1 Å². The molecular weight excluding hydrogens is 437 g/mol. The number of hydrogen-bond acceptors (Lipinski definition) is 5. The fourth-order valence-corrected chi connectivity index (χ4v) is 6.17. The average molecular weight is 472 g/mol. The third-order valence-corrected chi connectivity index (χ3v) is 8.21. The number of imide groups is 1. The number of benzene rings is 1. The van der Waals surface area contributed by atoms with Crippen LogP contribution >= 0.6 is 0 Å². The number of carbonyl (C=O) groups is 3. The topological polar surface area (TPSA) is 98.7 Å². The van der Waals surface area contributed by atoms with E-state index in [9.17, 15) is 23.9 Å². The Hall–Kier alpha value is -2.32. The lowest BCUT2D eigenvalue weighted by Gasteiger charge is -2.47. The fourth-order valence-electron chi connectivity index (χ4n) is 6.17. The van der Waals surface area contributed by atoms with Crippen molar-refractivity contribution in [2.24, 2.45) is 5.41 Å². The summed E-state index contributed by atoms with van der Waals surface area (Å²) in [7, 11) is 0. The summed E-state index contributed by atoms with van der Waals surface area (Å²) >= 11 is 0. The molecule has 3 saturated carbocycles. The van der Waals surface area contributed by atoms with Gasteiger partial charge in [0.25, 0.3) is 5.91 Å². The van der Waals surface area contributed by atoms with Crippen molar-refractivity contribution in [1.29, 1.82) is 0 Å². The molecule has 3 amide bonds. The van der Waals surface area contributed by atoms with E-state index >= 15 is 0 Å². The summed E-state index contributed by atoms with van der Waals surface area (Å²) in [5, 5.41) is 15.9. The molecule has 1 aromatic rings. The molecule has 184 valence electrons. The lowest BCUT2D eigenvalue weighted by Crippen LogP contribution is -2.59. The van der Waals surface area contributed by atoms with Crippen LogP contribution in [0.15, 0.2) is 12.1 Å². The van der Waals surface area contributed by atoms with Gasteiger partial charge in [0.15, 0.2) is 0 Å². The highest BCUT2D eigenvalue weighted by molar-refractivity contribution is 6.05. The number of halogens is 1. The van der Waals surface area contributed by atoms with E-state index in [1.807, 2.05) is 0 Å². The number of fused-ring (bicyclic) bond motifs is 1. The number of piperidine rings is 1. The Bertz CT molecular complexity index is 1010. The molecule has 1 aromatic carbocycles. The zero-order chi connectivity index (χ0) is 24.1. The Morgan fingerprint density at radius 1 is 1.09 bits per heavy atom. The second kappa shape index (κ2) is 8.72. The zero-order valence-electron chi connectivity index (χ0n) is 19.8. The summed E-state index contributed by atoms with van der Waals surface area (Å²) in [4.78, 5) is 36.6. The van der Waals surface area contributed by atoms with Crippen molar-refractivity contribution in [3.63, 3.8) is 0 Å². The SMILES string of the molecule is Cc1ccc2c(c1F)CN(C1CCC(=O)NC1=O)C2=O.OC1(NC2CCCCC2)CC2(CC2)C1. The van der Waals surface area contributed by atoms with Crippen molar-refractivity contribution in [3.05, 3.63) is 34.6 Å². The summed E-state index contributed by atoms with van der Waals surface area (Å²) in [6, 6.07) is 3.04. The number of rotatable bonds is 3. The van der Waals surface area contributed by atoms with Gasteiger partial charge in [0, 0.05) is 23.6 Å². The molecule has 3 N–H and O–H groups in total. The number of aryl methyl sites for hydroxylation is 1. The molecule has 6 rings (SSSR count). The van der Waals surface area contributed by atoms with Gasteiger partial charge >= 0.3 is 0 Å². The molecule has 0 radical (unpaired) electrons. The van der Waals surface area contributed by atoms with Crippen molar-refractivity contribution >= 4 is 17.7 Å². The smallest absolute Gasteiger partial charge is 0.255 e. The predicted molar refractivity (Wildman–Crippen MR) is 123 cm³/mol. The molecule has 2 heterocycles. The Kier molecular flexibility index (Phi) is 6.01. The maximum atomic E-state index is 14.0. The van der Waals surface area contributed by atoms with Gasteiger partial charge in [-0.15, -0.1) is 0 Å². The van der Waals surface area contributed by atoms with E-state index in [1.165, 1.54) is 49.8 Å². The summed E-state index contributed by atoms with van der Waals surface area (Å²) in [5.74, 6) is -1.57. The Morgan fingerprint density at radius 2 is 1.79 bits per heavy atom. The zero-order valence-corrected chi connectivity index (χ0v) is 19.8. The Balaban J connectivity index is 0.000000150. The van der Waals surface area contributed by atoms with Crippen LogP contribution in [0.1, 0.15) is 92.1 Å². The van der Waals surface area contributed by atoms with Gasteiger partial charge in [0.1, 0.15) is 17.6 Å². The standard InChI is InChI=1S/C14H13FN2O3.C12H21NO/c1-7-2-3-8-9(12(7)15)6-17(14(8)20)10-4-5-11(18)16-13(10)19;14-12(8-11(9-12)6-7-11)13-10-4-2-1-3-5-10/h2-3,10H,4-6H2,1H3,(H,16,18,19);10,13-14H,1-9H2. The number of amides is 3. The van der Waals surface area contributed by atoms with Crippen molar-refractivity contribution in [2.75, 3.05) is 0 Å². The molecule has 3 aliphatic carbocycles. The van der Waals surface area contributed by atoms with Crippen molar-refractivity contribution in [3.8, 4) is 0 Å². The van der Waals surface area contributed by atoms with Gasteiger partial charge in [-0.2, -0.15) is 0 Å². The summed E-state index contributed by atoms with van der Waals surface area (Å²) in [6.07, 6.45) is 11.9. The molecule has 0 aromatic heterocycles. The van der Waals surface area contributed by atoms with Gasteiger partial charge in [0.05, 0.1) is 6.54 Å². The van der Waals surface area contributed by atoms with E-state index in [0.717, 1.165) is 12.8 Å². The second-order valence-electron chi connectivity index (χ2n) is 11.0. The number of nitrogens with zero attached hydrogens (tertiary/aromatic N) is 1. The highest BCUT2D eigenvalue weighted by Gasteiger charge is 2.60. The fraction of sp³-hybridized carbons (Fsp3) is 0.654. The molecule has 1 unspecified atom stereocenters. The van der Waals surface area contributed by atoms with Gasteiger partial charge in [-0.25, -0.2) is 4.39 Å². The van der Waals surface area contributed by atoms with E-state index < -0.39 is 23.5 Å². The third-order valence-electron chi connectivity index (χ3n) is 8.21. The number of hydrogen-bond donors (Lipinski definition) is 3. The maximum Gasteiger partial charge on any atom is 0.255 e. The first-order chi connectivity index (χ1) is 16.2. The van der Waals surface area contributed by atoms with Crippen LogP contribution in [0, 0.1) is 18.2 Å². The predicted octanol–water partition coefficient (Wildman–Crippen LogP) is 3.07. The summed E-state index contributed by atoms with van der Waals surface area (Å²) in [5.41, 5.74) is 1.23. The molecule has 1 spiro atoms. The number of carbonyl (C=O) groups excluding carboxylic acids is 3. The minimum Gasteiger partial charge on any atom is -0.376 e. The summed E-state index contributed by atoms with van der Waals surface area (Å²) < 4.78 is 14.0. The minimum atomic E-state index is -0.702. The normalized spacial score (nSPS) is 27.0. The monoisotopic (exact) mass is 471 g/mol. The van der Waals surface area contributed by atoms with Crippen LogP contribution < -0.4 is 10.6 Å². The summed E-state index contributed by atoms with van der Waals surface area (Å²) in [6.45, 7) is 1.71. The van der Waals surface area contributed by atoms with E-state index in [1.54, 1.807) is 19.1 Å². The minimum absolute atomic E-state index is 0.0773. The van der Waals surface area contributed by atoms with Gasteiger partial charge < -0.3 is 10.0 Å². The van der Waals surface area contributed by atoms with Gasteiger partial charge in [-0.3, -0.25) is 25.0 Å². The van der Waals surface area contributed by atoms with E-state index in [-0.39, 0.29) is 31.2 Å². The molecule has 34 heavy (non-hydrogen) atoms. The van der Waals surface area contributed by atoms with E-state index in [4.69, 9.17) is 0 Å². The average Bonchev–Trinajstić information content (AvgIpc) is 3.47. The molecule has 1 saturated heterocycles. The lowest BCUT2D eigenvalue weighted by atomic mass is 9.73. The van der Waals surface area contributed by atoms with Crippen LogP contribution in [0.3, 0.4) is 0 Å². The number of nitrogens with one attached hydrogen (secondary N) is 2. The quantitative estimate of drug-likeness (QED) is 0.465. The first kappa shape index (κ1) is 23.4. The van der Waals surface area contributed by atoms with Crippen LogP contribution in [0.5, 0.6) is 0 Å². The molecule has 5 aliphatic rings. The van der Waals surface area contributed by atoms with Crippen LogP contribution in [0.2, 0.25) is 0 Å². The highest BCUT2D eigenvalue weighted by Crippen LogP contribution is 2.64. The lowest BCUT2D eigenvalue weighted by molar-refractivity contribution is -0.137. The van der Waals surface area contributed by atoms with Crippen molar-refractivity contribution < 1.29 is 23.9 Å². The van der Waals surface area contributed by atoms with Gasteiger partial charge in [0.2, 0.25) is 11.8 Å². The van der Waals surface area contributed by atoms with Crippen LogP contribution in [0.4, 0.5) is 4.39 Å². The molecular formula is C26H34FN3O4. The van der Waals surface area contributed by atoms with Gasteiger partial charge in [-0.1, -0.05) is 25.3 Å². The van der Waals surface area contributed by atoms with Crippen LogP contribution in [0.25, 0.3) is 0 Å². The third kappa shape index (κ3) is 4.50. The van der Waals surface area contributed by atoms with E-state index in [2.05, 4.69) is 10.6 Å². The Labute approximate surface area is 199 Å². The molecule has 8 heteroatoms. The first-order valence-corrected chi connectivity index (χ1v) is 12.6. The molecule has 0 bridgehead atoms. The van der Waals surface area contributed by atoms with Crippen molar-refractivity contribution in [2.45, 2.75) is 102 Å². The Morgan fingerprint density at radius 3 is 2.44 bits per heavy atom. The second-order valence-corrected chi connectivity index (χ2v) is 11.0. The largest absolute Gasteiger partial charge is 0.376 e. The molecule has 7 nitrogen and oxygen atoms in total. The first-order valence-electron chi connectivity index (χ1n) is 12.6.